The van der Waals surface area contributed by atoms with Gasteiger partial charge in [-0.05, 0) is 96.5 Å². The molecular weight excluding hydrogens is 492 g/mol. The van der Waals surface area contributed by atoms with Crippen molar-refractivity contribution in [3.05, 3.63) is 11.1 Å². The lowest BCUT2D eigenvalue weighted by atomic mass is 9.48. The van der Waals surface area contributed by atoms with Gasteiger partial charge in [0.25, 0.3) is 0 Å². The van der Waals surface area contributed by atoms with Crippen molar-refractivity contribution in [3.63, 3.8) is 0 Å². The third-order valence-electron chi connectivity index (χ3n) is 11.1. The summed E-state index contributed by atoms with van der Waals surface area (Å²) in [7, 11) is 0. The first kappa shape index (κ1) is 30.1. The highest BCUT2D eigenvalue weighted by Crippen LogP contribution is 2.66. The fourth-order valence-corrected chi connectivity index (χ4v) is 9.34. The summed E-state index contributed by atoms with van der Waals surface area (Å²) in [4.78, 5) is 36.5. The molecule has 9 atom stereocenters. The van der Waals surface area contributed by atoms with E-state index < -0.39 is 0 Å². The molecule has 39 heavy (non-hydrogen) atoms. The molecule has 4 aliphatic carbocycles. The van der Waals surface area contributed by atoms with Gasteiger partial charge in [0.15, 0.2) is 0 Å². The zero-order chi connectivity index (χ0) is 28.7. The number of fused-ring (bicyclic) bond motifs is 4. The first-order valence-electron chi connectivity index (χ1n) is 15.5. The predicted octanol–water partition coefficient (Wildman–Crippen LogP) is 7.19. The zero-order valence-corrected chi connectivity index (χ0v) is 25.6. The molecule has 0 radical (unpaired) electrons. The van der Waals surface area contributed by atoms with Gasteiger partial charge in [0.2, 0.25) is 0 Å². The highest BCUT2D eigenvalue weighted by molar-refractivity contribution is 5.68. The fourth-order valence-electron chi connectivity index (χ4n) is 9.34. The molecule has 9 unspecified atom stereocenters. The Hall–Kier alpha value is -1.85. The number of rotatable bonds is 8. The molecule has 0 spiro atoms. The number of carbonyl (C=O) groups is 3. The molecule has 4 aliphatic rings. The van der Waals surface area contributed by atoms with Crippen molar-refractivity contribution in [3.8, 4) is 0 Å². The average Bonchev–Trinajstić information content (AvgIpc) is 3.10. The Morgan fingerprint density at radius 1 is 0.821 bits per heavy atom. The number of carbonyl (C=O) groups excluding carboxylic acids is 3. The molecule has 220 valence electrons. The molecule has 3 fully saturated rings. The Labute approximate surface area is 236 Å². The highest BCUT2D eigenvalue weighted by Gasteiger charge is 2.61. The summed E-state index contributed by atoms with van der Waals surface area (Å²) in [5, 5.41) is 0. The molecule has 6 nitrogen and oxygen atoms in total. The van der Waals surface area contributed by atoms with Crippen LogP contribution < -0.4 is 0 Å². The maximum absolute atomic E-state index is 12.4. The van der Waals surface area contributed by atoms with E-state index >= 15 is 0 Å². The minimum Gasteiger partial charge on any atom is -0.463 e. The van der Waals surface area contributed by atoms with Crippen molar-refractivity contribution in [1.82, 2.24) is 0 Å². The number of hydrogen-bond acceptors (Lipinski definition) is 6. The van der Waals surface area contributed by atoms with Crippen LogP contribution in [-0.2, 0) is 28.6 Å². The van der Waals surface area contributed by atoms with E-state index in [1.54, 1.807) is 0 Å². The van der Waals surface area contributed by atoms with Gasteiger partial charge in [0.05, 0.1) is 0 Å². The van der Waals surface area contributed by atoms with Crippen molar-refractivity contribution in [2.24, 2.45) is 40.4 Å². The van der Waals surface area contributed by atoms with Crippen LogP contribution in [0.25, 0.3) is 0 Å². The summed E-state index contributed by atoms with van der Waals surface area (Å²) in [5.41, 5.74) is 2.49. The normalized spacial score (nSPS) is 38.4. The van der Waals surface area contributed by atoms with Gasteiger partial charge in [-0.15, -0.1) is 0 Å². The van der Waals surface area contributed by atoms with Gasteiger partial charge < -0.3 is 14.2 Å². The van der Waals surface area contributed by atoms with Crippen LogP contribution in [0.2, 0.25) is 0 Å². The van der Waals surface area contributed by atoms with Crippen molar-refractivity contribution in [1.29, 1.82) is 0 Å². The molecule has 0 aromatic rings. The Balaban J connectivity index is 1.75. The van der Waals surface area contributed by atoms with E-state index in [0.29, 0.717) is 23.7 Å². The minimum atomic E-state index is -0.315. The second-order valence-electron chi connectivity index (χ2n) is 14.2. The zero-order valence-electron chi connectivity index (χ0n) is 25.6. The van der Waals surface area contributed by atoms with Gasteiger partial charge >= 0.3 is 17.9 Å². The number of esters is 3. The second kappa shape index (κ2) is 11.6. The van der Waals surface area contributed by atoms with Crippen molar-refractivity contribution in [2.45, 2.75) is 138 Å². The third kappa shape index (κ3) is 5.95. The summed E-state index contributed by atoms with van der Waals surface area (Å²) in [6, 6.07) is 0. The molecule has 4 rings (SSSR count). The number of hydrogen-bond donors (Lipinski definition) is 0. The summed E-state index contributed by atoms with van der Waals surface area (Å²) in [5.74, 6) is 1.51. The van der Waals surface area contributed by atoms with Crippen LogP contribution in [0, 0.1) is 40.4 Å². The molecule has 0 bridgehead atoms. The van der Waals surface area contributed by atoms with Crippen LogP contribution in [0.1, 0.15) is 120 Å². The maximum atomic E-state index is 12.4. The summed E-state index contributed by atoms with van der Waals surface area (Å²) < 4.78 is 17.9. The van der Waals surface area contributed by atoms with E-state index in [4.69, 9.17) is 14.2 Å². The molecule has 0 aromatic heterocycles. The smallest absolute Gasteiger partial charge is 0.303 e. The fraction of sp³-hybridized carbons (Fsp3) is 0.848. The second-order valence-corrected chi connectivity index (χ2v) is 14.2. The van der Waals surface area contributed by atoms with Gasteiger partial charge in [-0.3, -0.25) is 14.4 Å². The van der Waals surface area contributed by atoms with Crippen molar-refractivity contribution >= 4 is 17.9 Å². The Morgan fingerprint density at radius 2 is 1.46 bits per heavy atom. The SMILES string of the molecule is CC(=O)OC1CCC2(C)C(C1)CC(OC(C)=O)C1=C3C(OC(C)=O)CC(C(C)CCCC(C)C)C3(C)CCC12. The molecule has 0 saturated heterocycles. The predicted molar refractivity (Wildman–Crippen MR) is 151 cm³/mol. The molecule has 0 aliphatic heterocycles. The molecule has 0 amide bonds. The monoisotopic (exact) mass is 544 g/mol. The van der Waals surface area contributed by atoms with E-state index in [0.717, 1.165) is 44.9 Å². The first-order chi connectivity index (χ1) is 18.3. The van der Waals surface area contributed by atoms with Gasteiger partial charge in [-0.25, -0.2) is 0 Å². The van der Waals surface area contributed by atoms with E-state index in [2.05, 4.69) is 34.6 Å². The van der Waals surface area contributed by atoms with Gasteiger partial charge in [-0.1, -0.05) is 53.9 Å². The first-order valence-corrected chi connectivity index (χ1v) is 15.5. The van der Waals surface area contributed by atoms with Crippen molar-refractivity contribution < 1.29 is 28.6 Å². The van der Waals surface area contributed by atoms with Crippen LogP contribution in [0.5, 0.6) is 0 Å². The van der Waals surface area contributed by atoms with E-state index in [1.165, 1.54) is 51.2 Å². The average molecular weight is 545 g/mol. The lowest BCUT2D eigenvalue weighted by molar-refractivity contribution is -0.158. The van der Waals surface area contributed by atoms with E-state index in [-0.39, 0.29) is 53.0 Å². The van der Waals surface area contributed by atoms with E-state index in [9.17, 15) is 14.4 Å². The highest BCUT2D eigenvalue weighted by atomic mass is 16.6. The van der Waals surface area contributed by atoms with Crippen LogP contribution in [0.3, 0.4) is 0 Å². The van der Waals surface area contributed by atoms with Crippen LogP contribution in [0.15, 0.2) is 11.1 Å². The molecule has 0 heterocycles. The summed E-state index contributed by atoms with van der Waals surface area (Å²) in [6.45, 7) is 16.3. The Morgan fingerprint density at radius 3 is 2.08 bits per heavy atom. The maximum Gasteiger partial charge on any atom is 0.303 e. The Kier molecular flexibility index (Phi) is 8.93. The molecule has 0 N–H and O–H groups in total. The van der Waals surface area contributed by atoms with Gasteiger partial charge in [-0.2, -0.15) is 0 Å². The molecule has 6 heteroatoms. The molecule has 3 saturated carbocycles. The van der Waals surface area contributed by atoms with Crippen LogP contribution in [0.4, 0.5) is 0 Å². The topological polar surface area (TPSA) is 78.9 Å². The van der Waals surface area contributed by atoms with E-state index in [1.807, 2.05) is 0 Å². The third-order valence-corrected chi connectivity index (χ3v) is 11.1. The molecule has 0 aromatic carbocycles. The lowest BCUT2D eigenvalue weighted by Gasteiger charge is -2.58. The van der Waals surface area contributed by atoms with Gasteiger partial charge in [0, 0.05) is 20.8 Å². The van der Waals surface area contributed by atoms with Gasteiger partial charge in [0.1, 0.15) is 18.3 Å². The summed E-state index contributed by atoms with van der Waals surface area (Å²) in [6.07, 6.45) is 9.37. The lowest BCUT2D eigenvalue weighted by Crippen LogP contribution is -2.53. The largest absolute Gasteiger partial charge is 0.463 e. The summed E-state index contributed by atoms with van der Waals surface area (Å²) >= 11 is 0. The molecular formula is C33H52O6. The number of ether oxygens (including phenoxy) is 3. The quantitative estimate of drug-likeness (QED) is 0.183. The van der Waals surface area contributed by atoms with Crippen LogP contribution >= 0.6 is 0 Å². The Bertz CT molecular complexity index is 983. The van der Waals surface area contributed by atoms with Crippen molar-refractivity contribution in [2.75, 3.05) is 0 Å². The van der Waals surface area contributed by atoms with Crippen LogP contribution in [-0.4, -0.2) is 36.2 Å². The minimum absolute atomic E-state index is 0.0404. The standard InChI is InChI=1S/C33H52O6/c1-19(2)10-9-11-20(3)27-18-29(39-23(6)36)31-30-26(13-15-33(27,31)8)32(7)14-12-25(37-21(4)34)16-24(32)17-28(30)38-22(5)35/h19-20,24-29H,9-18H2,1-8H3.